The third-order valence-electron chi connectivity index (χ3n) is 4.72. The number of likely N-dealkylation sites (tertiary alicyclic amines) is 2. The molecule has 1 amide bonds. The number of hydrogen-bond donors (Lipinski definition) is 1. The molecule has 9 heteroatoms. The Labute approximate surface area is 156 Å². The molecular formula is C18H24F3N3O3. The maximum Gasteiger partial charge on any atom is 0.490 e. The molecule has 0 bridgehead atoms. The quantitative estimate of drug-likeness (QED) is 0.863. The summed E-state index contributed by atoms with van der Waals surface area (Å²) in [6, 6.07) is 4.62. The lowest BCUT2D eigenvalue weighted by molar-refractivity contribution is -0.192. The second-order valence-corrected chi connectivity index (χ2v) is 7.14. The van der Waals surface area contributed by atoms with E-state index in [1.807, 2.05) is 12.1 Å². The van der Waals surface area contributed by atoms with Gasteiger partial charge in [0, 0.05) is 49.7 Å². The zero-order chi connectivity index (χ0) is 20.2. The minimum atomic E-state index is -5.08. The summed E-state index contributed by atoms with van der Waals surface area (Å²) in [6.45, 7) is 7.71. The lowest BCUT2D eigenvalue weighted by atomic mass is 10.1. The Kier molecular flexibility index (Phi) is 6.80. The van der Waals surface area contributed by atoms with Gasteiger partial charge in [0.2, 0.25) is 0 Å². The highest BCUT2D eigenvalue weighted by atomic mass is 19.4. The van der Waals surface area contributed by atoms with Gasteiger partial charge in [0.05, 0.1) is 0 Å². The number of carbonyl (C=O) groups is 2. The van der Waals surface area contributed by atoms with Gasteiger partial charge in [-0.15, -0.1) is 0 Å². The fourth-order valence-electron chi connectivity index (χ4n) is 3.68. The van der Waals surface area contributed by atoms with E-state index >= 15 is 0 Å². The molecule has 0 aliphatic carbocycles. The number of fused-ring (bicyclic) bond motifs is 1. The SMILES string of the molecule is CC(C)CN1CC[C@@H]2[C@@H]1CCN2C(=O)c1ccncc1.O=C(O)C(F)(F)F. The molecule has 2 atom stereocenters. The van der Waals surface area contributed by atoms with Crippen LogP contribution >= 0.6 is 0 Å². The van der Waals surface area contributed by atoms with Crippen molar-refractivity contribution in [3.63, 3.8) is 0 Å². The molecule has 27 heavy (non-hydrogen) atoms. The number of aromatic nitrogens is 1. The molecule has 0 aromatic carbocycles. The van der Waals surface area contributed by atoms with Crippen LogP contribution in [0.4, 0.5) is 13.2 Å². The zero-order valence-electron chi connectivity index (χ0n) is 15.3. The molecule has 2 saturated heterocycles. The number of carboxylic acids is 1. The molecule has 3 heterocycles. The number of alkyl halides is 3. The van der Waals surface area contributed by atoms with E-state index in [2.05, 4.69) is 28.6 Å². The normalized spacial score (nSPS) is 22.4. The molecule has 2 fully saturated rings. The predicted molar refractivity (Wildman–Crippen MR) is 92.2 cm³/mol. The monoisotopic (exact) mass is 387 g/mol. The molecule has 0 spiro atoms. The molecule has 3 rings (SSSR count). The van der Waals surface area contributed by atoms with Gasteiger partial charge in [-0.1, -0.05) is 13.8 Å². The second kappa shape index (κ2) is 8.69. The number of amides is 1. The van der Waals surface area contributed by atoms with Gasteiger partial charge in [-0.3, -0.25) is 14.7 Å². The Morgan fingerprint density at radius 1 is 1.19 bits per heavy atom. The van der Waals surface area contributed by atoms with Crippen LogP contribution < -0.4 is 0 Å². The van der Waals surface area contributed by atoms with Crippen molar-refractivity contribution in [2.45, 2.75) is 44.9 Å². The van der Waals surface area contributed by atoms with E-state index in [0.29, 0.717) is 18.0 Å². The van der Waals surface area contributed by atoms with E-state index in [4.69, 9.17) is 9.90 Å². The van der Waals surface area contributed by atoms with Gasteiger partial charge in [-0.05, 0) is 30.9 Å². The fourth-order valence-corrected chi connectivity index (χ4v) is 3.68. The predicted octanol–water partition coefficient (Wildman–Crippen LogP) is 2.66. The van der Waals surface area contributed by atoms with Gasteiger partial charge < -0.3 is 10.0 Å². The molecule has 1 N–H and O–H groups in total. The zero-order valence-corrected chi connectivity index (χ0v) is 15.3. The standard InChI is InChI=1S/C16H23N3O.C2HF3O2/c1-12(2)11-18-9-5-15-14(18)6-10-19(15)16(20)13-3-7-17-8-4-13;3-2(4,5)1(6)7/h3-4,7-8,12,14-15H,5-6,9-11H2,1-2H3;(H,6,7)/t14-,15+;/m0./s1. The van der Waals surface area contributed by atoms with E-state index in [1.54, 1.807) is 12.4 Å². The number of hydrogen-bond acceptors (Lipinski definition) is 4. The van der Waals surface area contributed by atoms with E-state index in [9.17, 15) is 18.0 Å². The van der Waals surface area contributed by atoms with Crippen molar-refractivity contribution < 1.29 is 27.9 Å². The van der Waals surface area contributed by atoms with Crippen LogP contribution in [0.3, 0.4) is 0 Å². The Morgan fingerprint density at radius 3 is 2.26 bits per heavy atom. The molecular weight excluding hydrogens is 363 g/mol. The number of carbonyl (C=O) groups excluding carboxylic acids is 1. The van der Waals surface area contributed by atoms with Crippen molar-refractivity contribution in [1.29, 1.82) is 0 Å². The summed E-state index contributed by atoms with van der Waals surface area (Å²) in [6.07, 6.45) is 0.545. The van der Waals surface area contributed by atoms with Crippen molar-refractivity contribution in [2.24, 2.45) is 5.92 Å². The minimum Gasteiger partial charge on any atom is -0.475 e. The fraction of sp³-hybridized carbons (Fsp3) is 0.611. The van der Waals surface area contributed by atoms with Crippen molar-refractivity contribution >= 4 is 11.9 Å². The van der Waals surface area contributed by atoms with E-state index < -0.39 is 12.1 Å². The number of nitrogens with zero attached hydrogens (tertiary/aromatic N) is 3. The summed E-state index contributed by atoms with van der Waals surface area (Å²) in [5, 5.41) is 7.12. The number of pyridine rings is 1. The van der Waals surface area contributed by atoms with Gasteiger partial charge >= 0.3 is 12.1 Å². The van der Waals surface area contributed by atoms with Crippen LogP contribution in [0.15, 0.2) is 24.5 Å². The number of aliphatic carboxylic acids is 1. The van der Waals surface area contributed by atoms with Crippen LogP contribution in [0.1, 0.15) is 37.0 Å². The van der Waals surface area contributed by atoms with E-state index in [0.717, 1.165) is 38.0 Å². The van der Waals surface area contributed by atoms with Crippen molar-refractivity contribution in [3.8, 4) is 0 Å². The Hall–Kier alpha value is -2.16. The molecule has 6 nitrogen and oxygen atoms in total. The summed E-state index contributed by atoms with van der Waals surface area (Å²) >= 11 is 0. The molecule has 2 aliphatic heterocycles. The third-order valence-corrected chi connectivity index (χ3v) is 4.72. The average molecular weight is 387 g/mol. The van der Waals surface area contributed by atoms with Gasteiger partial charge in [-0.25, -0.2) is 4.79 Å². The second-order valence-electron chi connectivity index (χ2n) is 7.14. The topological polar surface area (TPSA) is 73.7 Å². The highest BCUT2D eigenvalue weighted by Crippen LogP contribution is 2.32. The average Bonchev–Trinajstić information content (AvgIpc) is 3.17. The number of carboxylic acid groups (broad SMARTS) is 1. The summed E-state index contributed by atoms with van der Waals surface area (Å²) in [5.74, 6) is -1.89. The van der Waals surface area contributed by atoms with Crippen LogP contribution in [0, 0.1) is 5.92 Å². The van der Waals surface area contributed by atoms with Crippen LogP contribution in [0.5, 0.6) is 0 Å². The van der Waals surface area contributed by atoms with Gasteiger partial charge in [0.25, 0.3) is 5.91 Å². The highest BCUT2D eigenvalue weighted by molar-refractivity contribution is 5.94. The summed E-state index contributed by atoms with van der Waals surface area (Å²) < 4.78 is 31.7. The maximum absolute atomic E-state index is 12.6. The first-order valence-electron chi connectivity index (χ1n) is 8.86. The summed E-state index contributed by atoms with van der Waals surface area (Å²) in [7, 11) is 0. The van der Waals surface area contributed by atoms with E-state index in [-0.39, 0.29) is 5.91 Å². The van der Waals surface area contributed by atoms with Gasteiger partial charge in [0.1, 0.15) is 0 Å². The van der Waals surface area contributed by atoms with Crippen molar-refractivity contribution in [3.05, 3.63) is 30.1 Å². The Bertz CT molecular complexity index is 652. The lowest BCUT2D eigenvalue weighted by Gasteiger charge is -2.26. The lowest BCUT2D eigenvalue weighted by Crippen LogP contribution is -2.40. The summed E-state index contributed by atoms with van der Waals surface area (Å²) in [4.78, 5) is 30.1. The Morgan fingerprint density at radius 2 is 1.74 bits per heavy atom. The summed E-state index contributed by atoms with van der Waals surface area (Å²) in [5.41, 5.74) is 0.767. The molecule has 0 unspecified atom stereocenters. The van der Waals surface area contributed by atoms with Crippen molar-refractivity contribution in [2.75, 3.05) is 19.6 Å². The van der Waals surface area contributed by atoms with E-state index in [1.165, 1.54) is 0 Å². The number of halogens is 3. The molecule has 0 radical (unpaired) electrons. The first-order chi connectivity index (χ1) is 12.6. The van der Waals surface area contributed by atoms with Gasteiger partial charge in [0.15, 0.2) is 0 Å². The Balaban J connectivity index is 0.000000321. The molecule has 0 saturated carbocycles. The van der Waals surface area contributed by atoms with Crippen LogP contribution in [0.25, 0.3) is 0 Å². The highest BCUT2D eigenvalue weighted by Gasteiger charge is 2.44. The van der Waals surface area contributed by atoms with Crippen LogP contribution in [-0.4, -0.2) is 69.7 Å². The molecule has 1 aromatic rings. The molecule has 150 valence electrons. The third kappa shape index (κ3) is 5.41. The molecule has 2 aliphatic rings. The maximum atomic E-state index is 12.6. The van der Waals surface area contributed by atoms with Crippen molar-refractivity contribution in [1.82, 2.24) is 14.8 Å². The largest absolute Gasteiger partial charge is 0.490 e. The first kappa shape index (κ1) is 21.1. The number of rotatable bonds is 3. The first-order valence-corrected chi connectivity index (χ1v) is 8.86. The molecule has 1 aromatic heterocycles. The van der Waals surface area contributed by atoms with Crippen LogP contribution in [0.2, 0.25) is 0 Å². The van der Waals surface area contributed by atoms with Gasteiger partial charge in [-0.2, -0.15) is 13.2 Å². The van der Waals surface area contributed by atoms with Crippen LogP contribution in [-0.2, 0) is 4.79 Å². The smallest absolute Gasteiger partial charge is 0.475 e. The minimum absolute atomic E-state index is 0.172.